The van der Waals surface area contributed by atoms with Crippen LogP contribution in [0.3, 0.4) is 0 Å². The van der Waals surface area contributed by atoms with E-state index >= 15 is 0 Å². The maximum Gasteiger partial charge on any atom is 0.297 e. The SMILES string of the molecule is Cc1[nH]n(-c2ccccc2)c(=O)c1-n1nnc2ccccc21. The van der Waals surface area contributed by atoms with Gasteiger partial charge in [-0.05, 0) is 31.2 Å². The van der Waals surface area contributed by atoms with Crippen molar-refractivity contribution in [2.24, 2.45) is 0 Å². The molecule has 4 rings (SSSR count). The Bertz CT molecular complexity index is 1010. The van der Waals surface area contributed by atoms with Crippen molar-refractivity contribution in [2.75, 3.05) is 0 Å². The number of nitrogens with zero attached hydrogens (tertiary/aromatic N) is 4. The Morgan fingerprint density at radius 2 is 1.73 bits per heavy atom. The summed E-state index contributed by atoms with van der Waals surface area (Å²) in [5.41, 5.74) is 3.42. The van der Waals surface area contributed by atoms with E-state index in [2.05, 4.69) is 15.4 Å². The zero-order chi connectivity index (χ0) is 15.1. The number of aromatic amines is 1. The van der Waals surface area contributed by atoms with Crippen molar-refractivity contribution in [3.05, 3.63) is 70.6 Å². The van der Waals surface area contributed by atoms with E-state index in [-0.39, 0.29) is 5.56 Å². The molecule has 2 aromatic heterocycles. The van der Waals surface area contributed by atoms with Crippen molar-refractivity contribution in [1.29, 1.82) is 0 Å². The number of aromatic nitrogens is 5. The summed E-state index contributed by atoms with van der Waals surface area (Å²) in [6.07, 6.45) is 0. The highest BCUT2D eigenvalue weighted by molar-refractivity contribution is 5.76. The first-order chi connectivity index (χ1) is 10.8. The average Bonchev–Trinajstić information content (AvgIpc) is 3.09. The lowest BCUT2D eigenvalue weighted by Crippen LogP contribution is -2.18. The van der Waals surface area contributed by atoms with Gasteiger partial charge in [0.2, 0.25) is 0 Å². The molecule has 6 nitrogen and oxygen atoms in total. The molecule has 2 aromatic carbocycles. The molecule has 2 heterocycles. The molecular formula is C16H13N5O. The van der Waals surface area contributed by atoms with E-state index in [4.69, 9.17) is 0 Å². The lowest BCUT2D eigenvalue weighted by molar-refractivity contribution is 0.809. The van der Waals surface area contributed by atoms with Crippen LogP contribution in [0.4, 0.5) is 0 Å². The van der Waals surface area contributed by atoms with Gasteiger partial charge in [0.1, 0.15) is 5.52 Å². The number of aryl methyl sites for hydroxylation is 1. The van der Waals surface area contributed by atoms with Crippen LogP contribution in [0.2, 0.25) is 0 Å². The van der Waals surface area contributed by atoms with E-state index < -0.39 is 0 Å². The highest BCUT2D eigenvalue weighted by Gasteiger charge is 2.17. The fraction of sp³-hybridized carbons (Fsp3) is 0.0625. The zero-order valence-electron chi connectivity index (χ0n) is 11.9. The van der Waals surface area contributed by atoms with E-state index in [0.29, 0.717) is 5.69 Å². The van der Waals surface area contributed by atoms with Crippen molar-refractivity contribution in [3.8, 4) is 11.4 Å². The van der Waals surface area contributed by atoms with Crippen LogP contribution in [0.5, 0.6) is 0 Å². The minimum absolute atomic E-state index is 0.153. The van der Waals surface area contributed by atoms with Gasteiger partial charge in [0.25, 0.3) is 5.56 Å². The zero-order valence-corrected chi connectivity index (χ0v) is 11.9. The minimum Gasteiger partial charge on any atom is -0.293 e. The van der Waals surface area contributed by atoms with Gasteiger partial charge in [-0.25, -0.2) is 9.36 Å². The quantitative estimate of drug-likeness (QED) is 0.615. The third-order valence-electron chi connectivity index (χ3n) is 3.62. The number of H-pyrrole nitrogens is 1. The Balaban J connectivity index is 1.98. The Kier molecular flexibility index (Phi) is 2.69. The number of fused-ring (bicyclic) bond motifs is 1. The largest absolute Gasteiger partial charge is 0.297 e. The predicted octanol–water partition coefficient (Wildman–Crippen LogP) is 2.21. The number of benzene rings is 2. The second-order valence-corrected chi connectivity index (χ2v) is 5.05. The molecule has 0 saturated carbocycles. The molecule has 0 atom stereocenters. The topological polar surface area (TPSA) is 68.5 Å². The summed E-state index contributed by atoms with van der Waals surface area (Å²) in [5, 5.41) is 11.3. The molecule has 0 unspecified atom stereocenters. The molecule has 0 fully saturated rings. The first-order valence-electron chi connectivity index (χ1n) is 6.93. The molecule has 6 heteroatoms. The van der Waals surface area contributed by atoms with Crippen molar-refractivity contribution in [1.82, 2.24) is 24.8 Å². The van der Waals surface area contributed by atoms with Crippen molar-refractivity contribution >= 4 is 11.0 Å². The van der Waals surface area contributed by atoms with E-state index in [0.717, 1.165) is 22.4 Å². The summed E-state index contributed by atoms with van der Waals surface area (Å²) in [7, 11) is 0. The molecule has 0 aliphatic rings. The van der Waals surface area contributed by atoms with Gasteiger partial charge in [0.15, 0.2) is 5.69 Å². The summed E-state index contributed by atoms with van der Waals surface area (Å²) < 4.78 is 3.10. The summed E-state index contributed by atoms with van der Waals surface area (Å²) >= 11 is 0. The summed E-state index contributed by atoms with van der Waals surface area (Å²) in [4.78, 5) is 12.8. The molecule has 4 aromatic rings. The highest BCUT2D eigenvalue weighted by atomic mass is 16.1. The maximum absolute atomic E-state index is 12.8. The van der Waals surface area contributed by atoms with Crippen molar-refractivity contribution in [2.45, 2.75) is 6.92 Å². The van der Waals surface area contributed by atoms with E-state index in [9.17, 15) is 4.79 Å². The van der Waals surface area contributed by atoms with Gasteiger partial charge in [-0.1, -0.05) is 35.5 Å². The number of hydrogen-bond acceptors (Lipinski definition) is 3. The first kappa shape index (κ1) is 12.6. The molecule has 0 saturated heterocycles. The second-order valence-electron chi connectivity index (χ2n) is 5.05. The molecule has 1 N–H and O–H groups in total. The van der Waals surface area contributed by atoms with E-state index in [1.54, 1.807) is 4.68 Å². The number of hydrogen-bond donors (Lipinski definition) is 1. The van der Waals surface area contributed by atoms with Gasteiger partial charge in [-0.2, -0.15) is 0 Å². The van der Waals surface area contributed by atoms with Gasteiger partial charge >= 0.3 is 0 Å². The predicted molar refractivity (Wildman–Crippen MR) is 83.5 cm³/mol. The Labute approximate surface area is 125 Å². The van der Waals surface area contributed by atoms with Crippen molar-refractivity contribution in [3.63, 3.8) is 0 Å². The van der Waals surface area contributed by atoms with Gasteiger partial charge < -0.3 is 0 Å². The van der Waals surface area contributed by atoms with Crippen LogP contribution in [0.15, 0.2) is 59.4 Å². The van der Waals surface area contributed by atoms with Crippen LogP contribution in [0, 0.1) is 6.92 Å². The fourth-order valence-electron chi connectivity index (χ4n) is 2.58. The molecule has 0 bridgehead atoms. The van der Waals surface area contributed by atoms with Gasteiger partial charge in [0, 0.05) is 0 Å². The summed E-state index contributed by atoms with van der Waals surface area (Å²) in [6, 6.07) is 17.0. The smallest absolute Gasteiger partial charge is 0.293 e. The maximum atomic E-state index is 12.8. The minimum atomic E-state index is -0.153. The van der Waals surface area contributed by atoms with Crippen LogP contribution < -0.4 is 5.56 Å². The molecule has 0 radical (unpaired) electrons. The Morgan fingerprint density at radius 1 is 1.00 bits per heavy atom. The monoisotopic (exact) mass is 291 g/mol. The average molecular weight is 291 g/mol. The Hall–Kier alpha value is -3.15. The lowest BCUT2D eigenvalue weighted by atomic mass is 10.3. The third-order valence-corrected chi connectivity index (χ3v) is 3.62. The molecule has 0 spiro atoms. The second kappa shape index (κ2) is 4.70. The third kappa shape index (κ3) is 1.77. The number of nitrogens with one attached hydrogen (secondary N) is 1. The standard InChI is InChI=1S/C16H13N5O/c1-11-15(21-14-10-6-5-9-13(14)17-19-21)16(22)20(18-11)12-7-3-2-4-8-12/h2-10,18H,1H3. The van der Waals surface area contributed by atoms with Crippen LogP contribution >= 0.6 is 0 Å². The molecule has 22 heavy (non-hydrogen) atoms. The van der Waals surface area contributed by atoms with Gasteiger partial charge in [-0.15, -0.1) is 5.10 Å². The summed E-state index contributed by atoms with van der Waals surface area (Å²) in [6.45, 7) is 1.85. The van der Waals surface area contributed by atoms with Crippen LogP contribution in [0.1, 0.15) is 5.69 Å². The molecular weight excluding hydrogens is 278 g/mol. The van der Waals surface area contributed by atoms with Gasteiger partial charge in [-0.3, -0.25) is 9.89 Å². The normalized spacial score (nSPS) is 11.1. The van der Waals surface area contributed by atoms with Crippen LogP contribution in [-0.4, -0.2) is 24.8 Å². The fourth-order valence-corrected chi connectivity index (χ4v) is 2.58. The van der Waals surface area contributed by atoms with Crippen LogP contribution in [-0.2, 0) is 0 Å². The van der Waals surface area contributed by atoms with E-state index in [1.807, 2.05) is 61.5 Å². The van der Waals surface area contributed by atoms with Gasteiger partial charge in [0.05, 0.1) is 16.9 Å². The highest BCUT2D eigenvalue weighted by Crippen LogP contribution is 2.16. The number of para-hydroxylation sites is 2. The molecule has 0 aliphatic carbocycles. The Morgan fingerprint density at radius 3 is 2.55 bits per heavy atom. The molecule has 0 amide bonds. The lowest BCUT2D eigenvalue weighted by Gasteiger charge is -1.99. The molecule has 0 aliphatic heterocycles. The van der Waals surface area contributed by atoms with Crippen molar-refractivity contribution < 1.29 is 0 Å². The van der Waals surface area contributed by atoms with Crippen LogP contribution in [0.25, 0.3) is 22.4 Å². The van der Waals surface area contributed by atoms with E-state index in [1.165, 1.54) is 4.68 Å². The summed E-state index contributed by atoms with van der Waals surface area (Å²) in [5.74, 6) is 0. The number of rotatable bonds is 2. The first-order valence-corrected chi connectivity index (χ1v) is 6.93. The molecule has 108 valence electrons.